The summed E-state index contributed by atoms with van der Waals surface area (Å²) < 4.78 is 17.1. The standard InChI is InChI=1S/C22H36O5/c1-7-16(2)19(26-6)14-21(22(3,4)20(24)12-13-23)27-15-17-8-10-18(25-5)11-9-17/h7-11,16,19-21,23-24H,1,12-15H2,2-6H3/t16-,19-,20-,21-/m0/s1. The Bertz CT molecular complexity index is 540. The van der Waals surface area contributed by atoms with Crippen LogP contribution in [0.1, 0.15) is 39.2 Å². The molecule has 0 amide bonds. The van der Waals surface area contributed by atoms with E-state index in [4.69, 9.17) is 14.2 Å². The number of rotatable bonds is 13. The van der Waals surface area contributed by atoms with Crippen LogP contribution in [0.4, 0.5) is 0 Å². The Balaban J connectivity index is 2.95. The predicted octanol–water partition coefficient (Wildman–Crippen LogP) is 3.58. The maximum atomic E-state index is 10.6. The van der Waals surface area contributed by atoms with Crippen molar-refractivity contribution in [2.45, 2.75) is 58.5 Å². The van der Waals surface area contributed by atoms with Gasteiger partial charge in [0, 0.05) is 31.5 Å². The smallest absolute Gasteiger partial charge is 0.118 e. The lowest BCUT2D eigenvalue weighted by Gasteiger charge is -2.40. The van der Waals surface area contributed by atoms with Crippen LogP contribution >= 0.6 is 0 Å². The lowest BCUT2D eigenvalue weighted by Crippen LogP contribution is -2.45. The third-order valence-corrected chi connectivity index (χ3v) is 5.41. The van der Waals surface area contributed by atoms with Gasteiger partial charge in [-0.05, 0) is 24.1 Å². The van der Waals surface area contributed by atoms with Crippen molar-refractivity contribution < 1.29 is 24.4 Å². The van der Waals surface area contributed by atoms with Crippen molar-refractivity contribution in [3.63, 3.8) is 0 Å². The van der Waals surface area contributed by atoms with E-state index in [-0.39, 0.29) is 24.7 Å². The molecule has 0 bridgehead atoms. The van der Waals surface area contributed by atoms with Gasteiger partial charge in [-0.3, -0.25) is 0 Å². The highest BCUT2D eigenvalue weighted by molar-refractivity contribution is 5.26. The van der Waals surface area contributed by atoms with Gasteiger partial charge in [-0.1, -0.05) is 39.0 Å². The quantitative estimate of drug-likeness (QED) is 0.512. The second kappa shape index (κ2) is 11.4. The van der Waals surface area contributed by atoms with Crippen LogP contribution in [0.2, 0.25) is 0 Å². The normalized spacial score (nSPS) is 16.4. The molecule has 0 saturated carbocycles. The molecule has 5 heteroatoms. The molecule has 1 rings (SSSR count). The number of aliphatic hydroxyl groups is 2. The van der Waals surface area contributed by atoms with E-state index < -0.39 is 11.5 Å². The van der Waals surface area contributed by atoms with Crippen LogP contribution in [0.25, 0.3) is 0 Å². The highest BCUT2D eigenvalue weighted by atomic mass is 16.5. The predicted molar refractivity (Wildman–Crippen MR) is 108 cm³/mol. The first-order valence-electron chi connectivity index (χ1n) is 9.48. The van der Waals surface area contributed by atoms with Crippen molar-refractivity contribution in [1.82, 2.24) is 0 Å². The molecule has 4 atom stereocenters. The average Bonchev–Trinajstić information content (AvgIpc) is 2.68. The van der Waals surface area contributed by atoms with Crippen LogP contribution in [0.3, 0.4) is 0 Å². The number of hydrogen-bond acceptors (Lipinski definition) is 5. The van der Waals surface area contributed by atoms with Gasteiger partial charge in [-0.15, -0.1) is 6.58 Å². The van der Waals surface area contributed by atoms with Crippen molar-refractivity contribution in [3.8, 4) is 5.75 Å². The van der Waals surface area contributed by atoms with E-state index in [2.05, 4.69) is 13.5 Å². The molecule has 154 valence electrons. The van der Waals surface area contributed by atoms with Crippen molar-refractivity contribution >= 4 is 0 Å². The average molecular weight is 381 g/mol. The van der Waals surface area contributed by atoms with E-state index in [1.54, 1.807) is 14.2 Å². The Morgan fingerprint density at radius 2 is 1.81 bits per heavy atom. The first-order valence-corrected chi connectivity index (χ1v) is 9.48. The molecule has 0 saturated heterocycles. The summed E-state index contributed by atoms with van der Waals surface area (Å²) in [7, 11) is 3.32. The second-order valence-corrected chi connectivity index (χ2v) is 7.60. The van der Waals surface area contributed by atoms with E-state index in [0.29, 0.717) is 19.4 Å². The molecule has 0 aliphatic rings. The zero-order valence-corrected chi connectivity index (χ0v) is 17.4. The highest BCUT2D eigenvalue weighted by Gasteiger charge is 2.39. The molecule has 0 unspecified atom stereocenters. The van der Waals surface area contributed by atoms with Crippen LogP contribution in [-0.4, -0.2) is 49.4 Å². The van der Waals surface area contributed by atoms with Crippen LogP contribution in [0.15, 0.2) is 36.9 Å². The molecule has 0 aliphatic heterocycles. The third-order valence-electron chi connectivity index (χ3n) is 5.41. The maximum absolute atomic E-state index is 10.6. The van der Waals surface area contributed by atoms with Gasteiger partial charge in [-0.25, -0.2) is 0 Å². The fourth-order valence-electron chi connectivity index (χ4n) is 3.10. The molecule has 0 aliphatic carbocycles. The molecular formula is C22H36O5. The van der Waals surface area contributed by atoms with E-state index in [1.165, 1.54) is 0 Å². The van der Waals surface area contributed by atoms with Gasteiger partial charge < -0.3 is 24.4 Å². The monoisotopic (exact) mass is 380 g/mol. The topological polar surface area (TPSA) is 68.2 Å². The zero-order chi connectivity index (χ0) is 20.4. The molecule has 0 spiro atoms. The van der Waals surface area contributed by atoms with Crippen LogP contribution in [-0.2, 0) is 16.1 Å². The first-order chi connectivity index (χ1) is 12.8. The van der Waals surface area contributed by atoms with E-state index in [9.17, 15) is 10.2 Å². The summed E-state index contributed by atoms with van der Waals surface area (Å²) in [6.45, 7) is 10.2. The van der Waals surface area contributed by atoms with Crippen LogP contribution < -0.4 is 4.74 Å². The van der Waals surface area contributed by atoms with Crippen LogP contribution in [0.5, 0.6) is 5.75 Å². The summed E-state index contributed by atoms with van der Waals surface area (Å²) in [4.78, 5) is 0. The van der Waals surface area contributed by atoms with Gasteiger partial charge in [-0.2, -0.15) is 0 Å². The largest absolute Gasteiger partial charge is 0.497 e. The Labute approximate surface area is 164 Å². The Kier molecular flexibility index (Phi) is 10.0. The van der Waals surface area contributed by atoms with Crippen molar-refractivity contribution in [1.29, 1.82) is 0 Å². The molecule has 27 heavy (non-hydrogen) atoms. The number of hydrogen-bond donors (Lipinski definition) is 2. The molecule has 5 nitrogen and oxygen atoms in total. The molecule has 0 aromatic heterocycles. The molecule has 0 radical (unpaired) electrons. The summed E-state index contributed by atoms with van der Waals surface area (Å²) in [6.07, 6.45) is 1.79. The zero-order valence-electron chi connectivity index (χ0n) is 17.4. The Morgan fingerprint density at radius 1 is 1.19 bits per heavy atom. The fourth-order valence-corrected chi connectivity index (χ4v) is 3.10. The highest BCUT2D eigenvalue weighted by Crippen LogP contribution is 2.34. The van der Waals surface area contributed by atoms with Gasteiger partial charge in [0.15, 0.2) is 0 Å². The molecule has 2 N–H and O–H groups in total. The molecule has 1 aromatic carbocycles. The summed E-state index contributed by atoms with van der Waals surface area (Å²) in [6, 6.07) is 7.73. The molecule has 1 aromatic rings. The van der Waals surface area contributed by atoms with Gasteiger partial charge in [0.1, 0.15) is 5.75 Å². The van der Waals surface area contributed by atoms with Crippen molar-refractivity contribution in [3.05, 3.63) is 42.5 Å². The summed E-state index contributed by atoms with van der Waals surface area (Å²) in [5.74, 6) is 0.959. The van der Waals surface area contributed by atoms with Crippen molar-refractivity contribution in [2.75, 3.05) is 20.8 Å². The van der Waals surface area contributed by atoms with Crippen LogP contribution in [0, 0.1) is 11.3 Å². The van der Waals surface area contributed by atoms with Gasteiger partial charge in [0.25, 0.3) is 0 Å². The van der Waals surface area contributed by atoms with E-state index in [0.717, 1.165) is 11.3 Å². The number of aliphatic hydroxyl groups excluding tert-OH is 2. The molecule has 0 fully saturated rings. The Hall–Kier alpha value is -1.40. The number of ether oxygens (including phenoxy) is 3. The fraction of sp³-hybridized carbons (Fsp3) is 0.636. The van der Waals surface area contributed by atoms with Gasteiger partial charge >= 0.3 is 0 Å². The first kappa shape index (κ1) is 23.6. The summed E-state index contributed by atoms with van der Waals surface area (Å²) >= 11 is 0. The Morgan fingerprint density at radius 3 is 2.30 bits per heavy atom. The van der Waals surface area contributed by atoms with Gasteiger partial charge in [0.2, 0.25) is 0 Å². The lowest BCUT2D eigenvalue weighted by molar-refractivity contribution is -0.118. The number of methoxy groups -OCH3 is 2. The second-order valence-electron chi connectivity index (χ2n) is 7.60. The minimum atomic E-state index is -0.681. The maximum Gasteiger partial charge on any atom is 0.118 e. The molecular weight excluding hydrogens is 344 g/mol. The summed E-state index contributed by atoms with van der Waals surface area (Å²) in [5, 5.41) is 19.8. The van der Waals surface area contributed by atoms with Crippen molar-refractivity contribution in [2.24, 2.45) is 11.3 Å². The minimum absolute atomic E-state index is 0.0629. The van der Waals surface area contributed by atoms with E-state index in [1.807, 2.05) is 44.2 Å². The third kappa shape index (κ3) is 6.92. The SMILES string of the molecule is C=C[C@H](C)[C@H](C[C@H](OCc1ccc(OC)cc1)C(C)(C)[C@@H](O)CCO)OC. The lowest BCUT2D eigenvalue weighted by atomic mass is 9.76. The van der Waals surface area contributed by atoms with Gasteiger partial charge in [0.05, 0.1) is 32.0 Å². The number of benzene rings is 1. The summed E-state index contributed by atoms with van der Waals surface area (Å²) in [5.41, 5.74) is 0.478. The molecule has 0 heterocycles. The minimum Gasteiger partial charge on any atom is -0.497 e. The van der Waals surface area contributed by atoms with E-state index >= 15 is 0 Å².